The van der Waals surface area contributed by atoms with Crippen LogP contribution in [-0.4, -0.2) is 49.6 Å². The molecule has 1 aromatic heterocycles. The van der Waals surface area contributed by atoms with Gasteiger partial charge in [-0.1, -0.05) is 0 Å². The lowest BCUT2D eigenvalue weighted by atomic mass is 10.2. The molecule has 106 valence electrons. The molecule has 3 rings (SSSR count). The molecule has 0 radical (unpaired) electrons. The van der Waals surface area contributed by atoms with Crippen LogP contribution in [0.3, 0.4) is 0 Å². The lowest BCUT2D eigenvalue weighted by molar-refractivity contribution is 0.117. The van der Waals surface area contributed by atoms with Gasteiger partial charge in [0.15, 0.2) is 0 Å². The van der Waals surface area contributed by atoms with E-state index in [4.69, 9.17) is 4.42 Å². The molecule has 0 atom stereocenters. The molecule has 19 heavy (non-hydrogen) atoms. The molecule has 2 fully saturated rings. The second-order valence-corrected chi connectivity index (χ2v) is 5.92. The lowest BCUT2D eigenvalue weighted by Crippen LogP contribution is -2.46. The summed E-state index contributed by atoms with van der Waals surface area (Å²) in [7, 11) is 1.95. The van der Waals surface area contributed by atoms with Crippen molar-refractivity contribution in [3.63, 3.8) is 0 Å². The normalized spacial score (nSPS) is 21.9. The quantitative estimate of drug-likeness (QED) is 0.843. The van der Waals surface area contributed by atoms with Gasteiger partial charge in [0.05, 0.1) is 13.1 Å². The van der Waals surface area contributed by atoms with Gasteiger partial charge in [-0.25, -0.2) is 0 Å². The molecule has 0 aromatic carbocycles. The molecule has 0 bridgehead atoms. The van der Waals surface area contributed by atoms with E-state index in [1.807, 2.05) is 7.05 Å². The van der Waals surface area contributed by atoms with E-state index in [0.717, 1.165) is 30.5 Å². The van der Waals surface area contributed by atoms with Gasteiger partial charge in [-0.3, -0.25) is 4.90 Å². The van der Waals surface area contributed by atoms with Gasteiger partial charge in [-0.15, -0.1) is 0 Å². The van der Waals surface area contributed by atoms with Crippen molar-refractivity contribution >= 4 is 0 Å². The maximum atomic E-state index is 5.81. The van der Waals surface area contributed by atoms with E-state index in [2.05, 4.69) is 27.2 Å². The highest BCUT2D eigenvalue weighted by atomic mass is 16.3. The highest BCUT2D eigenvalue weighted by Gasteiger charge is 2.26. The van der Waals surface area contributed by atoms with E-state index in [1.165, 1.54) is 45.6 Å². The van der Waals surface area contributed by atoms with Crippen LogP contribution in [0.1, 0.15) is 24.4 Å². The Balaban J connectivity index is 1.42. The summed E-state index contributed by atoms with van der Waals surface area (Å²) < 4.78 is 5.81. The molecule has 0 spiro atoms. The molecule has 1 aliphatic heterocycles. The van der Waals surface area contributed by atoms with Crippen molar-refractivity contribution in [1.29, 1.82) is 0 Å². The predicted octanol–water partition coefficient (Wildman–Crippen LogP) is 1.53. The molecule has 0 unspecified atom stereocenters. The number of hydrogen-bond donors (Lipinski definition) is 1. The molecular formula is C15H25N3O. The maximum Gasteiger partial charge on any atom is 0.118 e. The van der Waals surface area contributed by atoms with Gasteiger partial charge in [0.2, 0.25) is 0 Å². The average molecular weight is 263 g/mol. The number of rotatable bonds is 6. The zero-order valence-electron chi connectivity index (χ0n) is 11.9. The summed E-state index contributed by atoms with van der Waals surface area (Å²) in [5.41, 5.74) is 0. The van der Waals surface area contributed by atoms with Crippen molar-refractivity contribution in [3.8, 4) is 0 Å². The first-order chi connectivity index (χ1) is 9.33. The maximum absolute atomic E-state index is 5.81. The summed E-state index contributed by atoms with van der Waals surface area (Å²) in [4.78, 5) is 5.13. The third-order valence-electron chi connectivity index (χ3n) is 4.13. The van der Waals surface area contributed by atoms with E-state index in [0.29, 0.717) is 0 Å². The van der Waals surface area contributed by atoms with Gasteiger partial charge in [-0.05, 0) is 37.9 Å². The van der Waals surface area contributed by atoms with Crippen molar-refractivity contribution in [2.75, 3.05) is 39.8 Å². The summed E-state index contributed by atoms with van der Waals surface area (Å²) in [6.45, 7) is 7.90. The van der Waals surface area contributed by atoms with E-state index in [-0.39, 0.29) is 0 Å². The zero-order valence-corrected chi connectivity index (χ0v) is 11.9. The van der Waals surface area contributed by atoms with Crippen molar-refractivity contribution in [2.24, 2.45) is 5.92 Å². The summed E-state index contributed by atoms with van der Waals surface area (Å²) in [6.07, 6.45) is 2.92. The number of nitrogens with zero attached hydrogens (tertiary/aromatic N) is 2. The Morgan fingerprint density at radius 1 is 1.11 bits per heavy atom. The Morgan fingerprint density at radius 3 is 2.47 bits per heavy atom. The van der Waals surface area contributed by atoms with Crippen LogP contribution >= 0.6 is 0 Å². The molecular weight excluding hydrogens is 238 g/mol. The van der Waals surface area contributed by atoms with Crippen LogP contribution in [0.4, 0.5) is 0 Å². The predicted molar refractivity (Wildman–Crippen MR) is 75.9 cm³/mol. The van der Waals surface area contributed by atoms with E-state index in [1.54, 1.807) is 0 Å². The molecule has 2 aliphatic rings. The molecule has 1 saturated heterocycles. The fraction of sp³-hybridized carbons (Fsp3) is 0.733. The van der Waals surface area contributed by atoms with Gasteiger partial charge in [0.25, 0.3) is 0 Å². The molecule has 1 aromatic rings. The van der Waals surface area contributed by atoms with E-state index < -0.39 is 0 Å². The Kier molecular flexibility index (Phi) is 4.21. The van der Waals surface area contributed by atoms with Crippen molar-refractivity contribution in [3.05, 3.63) is 23.7 Å². The highest BCUT2D eigenvalue weighted by Crippen LogP contribution is 2.30. The van der Waals surface area contributed by atoms with Crippen molar-refractivity contribution < 1.29 is 4.42 Å². The van der Waals surface area contributed by atoms with Crippen LogP contribution in [0, 0.1) is 5.92 Å². The summed E-state index contributed by atoms with van der Waals surface area (Å²) >= 11 is 0. The third-order valence-corrected chi connectivity index (χ3v) is 4.13. The molecule has 4 heteroatoms. The molecule has 4 nitrogen and oxygen atoms in total. The monoisotopic (exact) mass is 263 g/mol. The van der Waals surface area contributed by atoms with Crippen LogP contribution in [0.15, 0.2) is 16.5 Å². The molecule has 1 saturated carbocycles. The van der Waals surface area contributed by atoms with Crippen LogP contribution in [0.2, 0.25) is 0 Å². The number of furan rings is 1. The minimum absolute atomic E-state index is 0.815. The minimum atomic E-state index is 0.815. The topological polar surface area (TPSA) is 31.6 Å². The molecule has 1 aliphatic carbocycles. The van der Waals surface area contributed by atoms with Crippen molar-refractivity contribution in [1.82, 2.24) is 15.1 Å². The number of nitrogens with one attached hydrogen (secondary N) is 1. The second kappa shape index (κ2) is 6.07. The molecule has 1 N–H and O–H groups in total. The van der Waals surface area contributed by atoms with Crippen LogP contribution in [0.25, 0.3) is 0 Å². The van der Waals surface area contributed by atoms with Gasteiger partial charge in [0.1, 0.15) is 11.5 Å². The molecule has 0 amide bonds. The van der Waals surface area contributed by atoms with E-state index in [9.17, 15) is 0 Å². The smallest absolute Gasteiger partial charge is 0.118 e. The Bertz CT molecular complexity index is 392. The minimum Gasteiger partial charge on any atom is -0.463 e. The Morgan fingerprint density at radius 2 is 1.79 bits per heavy atom. The standard InChI is InChI=1S/C15H25N3O/c1-16-10-14-4-5-15(19-14)12-18-8-6-17(7-9-18)11-13-2-3-13/h4-5,13,16H,2-3,6-12H2,1H3. The van der Waals surface area contributed by atoms with Gasteiger partial charge >= 0.3 is 0 Å². The molecule has 2 heterocycles. The number of hydrogen-bond acceptors (Lipinski definition) is 4. The largest absolute Gasteiger partial charge is 0.463 e. The summed E-state index contributed by atoms with van der Waals surface area (Å²) in [6, 6.07) is 4.19. The lowest BCUT2D eigenvalue weighted by Gasteiger charge is -2.34. The Hall–Kier alpha value is -0.840. The van der Waals surface area contributed by atoms with Crippen molar-refractivity contribution in [2.45, 2.75) is 25.9 Å². The van der Waals surface area contributed by atoms with Gasteiger partial charge in [-0.2, -0.15) is 0 Å². The van der Waals surface area contributed by atoms with Crippen LogP contribution in [-0.2, 0) is 13.1 Å². The first-order valence-corrected chi connectivity index (χ1v) is 7.50. The zero-order chi connectivity index (χ0) is 13.1. The summed E-state index contributed by atoms with van der Waals surface area (Å²) in [5, 5.41) is 3.12. The fourth-order valence-corrected chi connectivity index (χ4v) is 2.79. The third kappa shape index (κ3) is 3.81. The number of piperazine rings is 1. The van der Waals surface area contributed by atoms with Crippen LogP contribution < -0.4 is 5.32 Å². The summed E-state index contributed by atoms with van der Waals surface area (Å²) in [5.74, 6) is 3.14. The highest BCUT2D eigenvalue weighted by molar-refractivity contribution is 5.07. The first-order valence-electron chi connectivity index (χ1n) is 7.50. The fourth-order valence-electron chi connectivity index (χ4n) is 2.79. The first kappa shape index (κ1) is 13.2. The van der Waals surface area contributed by atoms with Gasteiger partial charge in [0, 0.05) is 32.7 Å². The average Bonchev–Trinajstić information content (AvgIpc) is 3.12. The van der Waals surface area contributed by atoms with Gasteiger partial charge < -0.3 is 14.6 Å². The van der Waals surface area contributed by atoms with E-state index >= 15 is 0 Å². The SMILES string of the molecule is CNCc1ccc(CN2CCN(CC3CC3)CC2)o1. The Labute approximate surface area is 115 Å². The second-order valence-electron chi connectivity index (χ2n) is 5.92. The van der Waals surface area contributed by atoms with Crippen LogP contribution in [0.5, 0.6) is 0 Å².